The second-order valence-electron chi connectivity index (χ2n) is 22.9. The monoisotopic (exact) mass is 947 g/mol. The van der Waals surface area contributed by atoms with Gasteiger partial charge in [0.1, 0.15) is 73.2 Å². The Morgan fingerprint density at radius 3 is 1.71 bits per heavy atom. The molecule has 0 aromatic heterocycles. The van der Waals surface area contributed by atoms with Gasteiger partial charge in [-0.05, 0) is 124 Å². The molecule has 7 rings (SSSR count). The highest BCUT2D eigenvalue weighted by Gasteiger charge is 2.72. The minimum absolute atomic E-state index is 0.0905. The van der Waals surface area contributed by atoms with Gasteiger partial charge in [0.2, 0.25) is 0 Å². The molecule has 0 unspecified atom stereocenters. The van der Waals surface area contributed by atoms with Crippen molar-refractivity contribution < 1.29 is 89.7 Å². The Labute approximate surface area is 388 Å². The molecule has 0 spiro atoms. The summed E-state index contributed by atoms with van der Waals surface area (Å²) in [7, 11) is 0. The molecule has 3 aliphatic heterocycles. The molecule has 7 fully saturated rings. The first-order chi connectivity index (χ1) is 30.8. The number of aliphatic hydroxyl groups excluding tert-OH is 12. The number of allylic oxidation sites excluding steroid dienone is 2. The van der Waals surface area contributed by atoms with Crippen molar-refractivity contribution in [3.8, 4) is 0 Å². The van der Waals surface area contributed by atoms with Gasteiger partial charge in [-0.2, -0.15) is 0 Å². The van der Waals surface area contributed by atoms with Gasteiger partial charge in [-0.3, -0.25) is 0 Å². The van der Waals surface area contributed by atoms with Gasteiger partial charge in [0.25, 0.3) is 0 Å². The molecule has 12 N–H and O–H groups in total. The molecule has 4 aliphatic carbocycles. The lowest BCUT2D eigenvalue weighted by Gasteiger charge is -2.71. The molecule has 0 radical (unpaired) electrons. The van der Waals surface area contributed by atoms with Crippen LogP contribution in [0.5, 0.6) is 0 Å². The van der Waals surface area contributed by atoms with Crippen molar-refractivity contribution in [2.45, 2.75) is 223 Å². The van der Waals surface area contributed by atoms with Crippen LogP contribution >= 0.6 is 0 Å². The first-order valence-corrected chi connectivity index (χ1v) is 24.4. The number of aliphatic hydroxyl groups is 12. The van der Waals surface area contributed by atoms with E-state index in [0.29, 0.717) is 25.7 Å². The molecule has 0 aromatic carbocycles. The van der Waals surface area contributed by atoms with Gasteiger partial charge in [0, 0.05) is 0 Å². The van der Waals surface area contributed by atoms with Crippen LogP contribution in [0, 0.1) is 45.3 Å². The fraction of sp³-hybridized carbons (Fsp3) is 0.958. The maximum absolute atomic E-state index is 12.7. The number of ether oxygens (including phenoxy) is 6. The molecule has 4 saturated carbocycles. The van der Waals surface area contributed by atoms with Gasteiger partial charge < -0.3 is 89.7 Å². The molecule has 3 saturated heterocycles. The highest BCUT2D eigenvalue weighted by atomic mass is 16.8. The van der Waals surface area contributed by atoms with E-state index in [-0.39, 0.29) is 39.9 Å². The Morgan fingerprint density at radius 1 is 0.606 bits per heavy atom. The smallest absolute Gasteiger partial charge is 0.187 e. The number of hydrogen-bond donors (Lipinski definition) is 12. The average molecular weight is 947 g/mol. The van der Waals surface area contributed by atoms with Crippen LogP contribution in [0.4, 0.5) is 0 Å². The largest absolute Gasteiger partial charge is 0.394 e. The maximum atomic E-state index is 12.7. The van der Waals surface area contributed by atoms with Crippen LogP contribution in [0.2, 0.25) is 0 Å². The van der Waals surface area contributed by atoms with Crippen molar-refractivity contribution in [3.05, 3.63) is 11.6 Å². The van der Waals surface area contributed by atoms with E-state index in [1.807, 2.05) is 20.8 Å². The van der Waals surface area contributed by atoms with E-state index in [1.54, 1.807) is 0 Å². The van der Waals surface area contributed by atoms with Crippen molar-refractivity contribution in [2.24, 2.45) is 45.3 Å². The van der Waals surface area contributed by atoms with Gasteiger partial charge in [0.15, 0.2) is 18.9 Å². The fourth-order valence-electron chi connectivity index (χ4n) is 14.9. The van der Waals surface area contributed by atoms with E-state index in [1.165, 1.54) is 0 Å². The molecule has 3 heterocycles. The fourth-order valence-corrected chi connectivity index (χ4v) is 14.9. The average Bonchev–Trinajstić information content (AvgIpc) is 3.65. The second kappa shape index (κ2) is 19.6. The Bertz CT molecular complexity index is 1680. The summed E-state index contributed by atoms with van der Waals surface area (Å²) in [6, 6.07) is 0. The summed E-state index contributed by atoms with van der Waals surface area (Å²) in [6.45, 7) is 15.5. The SMILES string of the molecule is CC(C)=CCC[C@](C)(O[C@@H]1O[C@H](CO)[C@@H](O)[C@H](O)[C@H]1O)[C@H]1CC[C@]2(C)[C@H]1[C@H](O)C[C@H]1[C@@]3(C)CC[C@H](O[C@@H]4O[C@H](CO)[C@@H](O)[C@H](O)[C@H]4O[C@@H]4O[C@H](CO)[C@@H](O)[C@H](O)[C@H]4O)C(C)(C)[C@@H]3CC[C@]12C. The molecule has 0 aromatic rings. The summed E-state index contributed by atoms with van der Waals surface area (Å²) in [5.41, 5.74) is -1.12. The highest BCUT2D eigenvalue weighted by Crippen LogP contribution is 2.76. The van der Waals surface area contributed by atoms with E-state index in [9.17, 15) is 61.3 Å². The number of fused-ring (bicyclic) bond motifs is 5. The van der Waals surface area contributed by atoms with Crippen LogP contribution in [0.3, 0.4) is 0 Å². The van der Waals surface area contributed by atoms with E-state index in [0.717, 1.165) is 37.7 Å². The lowest BCUT2D eigenvalue weighted by Crippen LogP contribution is -2.68. The van der Waals surface area contributed by atoms with Gasteiger partial charge >= 0.3 is 0 Å². The van der Waals surface area contributed by atoms with Gasteiger partial charge in [-0.1, -0.05) is 46.3 Å². The van der Waals surface area contributed by atoms with Gasteiger partial charge in [-0.25, -0.2) is 0 Å². The Morgan fingerprint density at radius 2 is 1.14 bits per heavy atom. The molecular formula is C48H82O18. The van der Waals surface area contributed by atoms with Crippen molar-refractivity contribution in [2.75, 3.05) is 19.8 Å². The molecule has 382 valence electrons. The van der Waals surface area contributed by atoms with Crippen LogP contribution < -0.4 is 0 Å². The predicted octanol–water partition coefficient (Wildman–Crippen LogP) is -0.0268. The highest BCUT2D eigenvalue weighted by molar-refractivity contribution is 5.20. The van der Waals surface area contributed by atoms with Crippen molar-refractivity contribution in [1.82, 2.24) is 0 Å². The van der Waals surface area contributed by atoms with Crippen LogP contribution in [-0.2, 0) is 28.4 Å². The van der Waals surface area contributed by atoms with Crippen molar-refractivity contribution in [3.63, 3.8) is 0 Å². The minimum Gasteiger partial charge on any atom is -0.394 e. The third-order valence-corrected chi connectivity index (χ3v) is 18.8. The molecule has 25 atom stereocenters. The Hall–Kier alpha value is -0.980. The summed E-state index contributed by atoms with van der Waals surface area (Å²) >= 11 is 0. The summed E-state index contributed by atoms with van der Waals surface area (Å²) in [4.78, 5) is 0. The minimum atomic E-state index is -1.79. The third kappa shape index (κ3) is 8.79. The lowest BCUT2D eigenvalue weighted by atomic mass is 9.35. The Kier molecular flexibility index (Phi) is 15.7. The molecule has 0 bridgehead atoms. The molecule has 7 aliphatic rings. The third-order valence-electron chi connectivity index (χ3n) is 18.8. The number of rotatable bonds is 13. The second-order valence-corrected chi connectivity index (χ2v) is 22.9. The lowest BCUT2D eigenvalue weighted by molar-refractivity contribution is -0.378. The normalized spacial score (nSPS) is 52.4. The zero-order valence-corrected chi connectivity index (χ0v) is 40.0. The summed E-state index contributed by atoms with van der Waals surface area (Å²) in [5, 5.41) is 129. The van der Waals surface area contributed by atoms with E-state index in [2.05, 4.69) is 40.7 Å². The van der Waals surface area contributed by atoms with E-state index < -0.39 is 135 Å². The standard InChI is InChI=1S/C48H82O18/c1-22(2)10-9-14-48(8,66-42-39(60)36(57)33(54)26(20-50)62-42)23-11-16-47(7)31(23)24(52)18-29-45(5)15-13-30(44(3,4)28(45)12-17-46(29,47)6)64-43-40(37(58)34(55)27(21-51)63-43)65-41-38(59)35(56)32(53)25(19-49)61-41/h10,23-43,49-60H,9,11-21H2,1-8H3/t23-,24+,25+,26+,27+,28-,29-,30-,31+,32+,33+,34+,35-,36-,37-,38+,39+,40+,41-,42-,43-,45-,46+,47+,48-/m0/s1. The summed E-state index contributed by atoms with van der Waals surface area (Å²) < 4.78 is 37.2. The van der Waals surface area contributed by atoms with Crippen LogP contribution in [0.15, 0.2) is 11.6 Å². The summed E-state index contributed by atoms with van der Waals surface area (Å²) in [5.74, 6) is -0.151. The topological polar surface area (TPSA) is 298 Å². The quantitative estimate of drug-likeness (QED) is 0.0853. The first kappa shape index (κ1) is 52.8. The molecule has 0 amide bonds. The first-order valence-electron chi connectivity index (χ1n) is 24.4. The predicted molar refractivity (Wildman–Crippen MR) is 234 cm³/mol. The van der Waals surface area contributed by atoms with Gasteiger partial charge in [0.05, 0.1) is 37.6 Å². The zero-order chi connectivity index (χ0) is 48.6. The maximum Gasteiger partial charge on any atom is 0.187 e. The van der Waals surface area contributed by atoms with E-state index in [4.69, 9.17) is 28.4 Å². The zero-order valence-electron chi connectivity index (χ0n) is 40.0. The van der Waals surface area contributed by atoms with Crippen molar-refractivity contribution >= 4 is 0 Å². The van der Waals surface area contributed by atoms with Crippen LogP contribution in [0.1, 0.15) is 113 Å². The Balaban J connectivity index is 1.13. The van der Waals surface area contributed by atoms with Crippen molar-refractivity contribution in [1.29, 1.82) is 0 Å². The van der Waals surface area contributed by atoms with Gasteiger partial charge in [-0.15, -0.1) is 0 Å². The number of hydrogen-bond acceptors (Lipinski definition) is 18. The molecule has 66 heavy (non-hydrogen) atoms. The molecular weight excluding hydrogens is 865 g/mol. The van der Waals surface area contributed by atoms with Crippen LogP contribution in [-0.4, -0.2) is 191 Å². The van der Waals surface area contributed by atoms with Crippen LogP contribution in [0.25, 0.3) is 0 Å². The molecule has 18 nitrogen and oxygen atoms in total. The summed E-state index contributed by atoms with van der Waals surface area (Å²) in [6.07, 6.45) is -15.4. The van der Waals surface area contributed by atoms with E-state index >= 15 is 0 Å². The molecule has 18 heteroatoms.